The highest BCUT2D eigenvalue weighted by Gasteiger charge is 2.56. The van der Waals surface area contributed by atoms with E-state index in [1.807, 2.05) is 0 Å². The van der Waals surface area contributed by atoms with Crippen LogP contribution in [0.15, 0.2) is 0 Å². The van der Waals surface area contributed by atoms with Gasteiger partial charge in [-0.25, -0.2) is 8.42 Å². The Balaban J connectivity index is 5.90. The second-order valence-electron chi connectivity index (χ2n) is 5.38. The van der Waals surface area contributed by atoms with Crippen LogP contribution < -0.4 is 0 Å². The normalized spacial score (nSPS) is 19.5. The Morgan fingerprint density at radius 1 is 0.895 bits per heavy atom. The fourth-order valence-electron chi connectivity index (χ4n) is 2.04. The van der Waals surface area contributed by atoms with Crippen LogP contribution >= 0.6 is 23.2 Å². The van der Waals surface area contributed by atoms with Crippen molar-refractivity contribution in [3.63, 3.8) is 0 Å². The lowest BCUT2D eigenvalue weighted by molar-refractivity contribution is 0.0310. The van der Waals surface area contributed by atoms with E-state index in [1.54, 1.807) is 27.7 Å². The Morgan fingerprint density at radius 3 is 1.32 bits per heavy atom. The van der Waals surface area contributed by atoms with Gasteiger partial charge in [-0.3, -0.25) is 0 Å². The van der Waals surface area contributed by atoms with Crippen molar-refractivity contribution in [2.24, 2.45) is 11.8 Å². The molecule has 19 heavy (non-hydrogen) atoms. The third kappa shape index (κ3) is 3.38. The number of sulfone groups is 1. The van der Waals surface area contributed by atoms with Gasteiger partial charge in [-0.1, -0.05) is 27.7 Å². The highest BCUT2D eigenvalue weighted by molar-refractivity contribution is 7.93. The molecular weight excluding hydrogens is 311 g/mol. The average molecular weight is 335 g/mol. The molecule has 0 rings (SSSR count). The van der Waals surface area contributed by atoms with E-state index in [0.717, 1.165) is 0 Å². The van der Waals surface area contributed by atoms with Crippen LogP contribution in [0.1, 0.15) is 40.5 Å². The maximum Gasteiger partial charge on any atom is 0.209 e. The zero-order valence-electron chi connectivity index (χ0n) is 11.9. The molecule has 0 aliphatic heterocycles. The number of hydrogen-bond acceptors (Lipinski definition) is 4. The SMILES string of the molecule is CC(C)C(O)(CCCl)S(=O)(=O)C(O)(CCCl)C(C)C. The molecule has 116 valence electrons. The number of hydrogen-bond donors (Lipinski definition) is 2. The molecular formula is C12H24Cl2O4S. The first-order valence-electron chi connectivity index (χ1n) is 6.32. The largest absolute Gasteiger partial charge is 0.374 e. The smallest absolute Gasteiger partial charge is 0.209 e. The van der Waals surface area contributed by atoms with E-state index < -0.39 is 31.5 Å². The molecule has 0 aromatic rings. The van der Waals surface area contributed by atoms with Crippen LogP contribution in [0.4, 0.5) is 0 Å². The second-order valence-corrected chi connectivity index (χ2v) is 8.56. The Kier molecular flexibility index (Phi) is 7.11. The lowest BCUT2D eigenvalue weighted by Gasteiger charge is -2.41. The van der Waals surface area contributed by atoms with Gasteiger partial charge in [0.15, 0.2) is 9.87 Å². The molecule has 0 aliphatic carbocycles. The molecule has 7 heteroatoms. The molecule has 0 saturated heterocycles. The first-order valence-corrected chi connectivity index (χ1v) is 8.87. The summed E-state index contributed by atoms with van der Waals surface area (Å²) < 4.78 is 25.4. The number of alkyl halides is 2. The first-order chi connectivity index (χ1) is 8.51. The fraction of sp³-hybridized carbons (Fsp3) is 1.00. The molecule has 0 aliphatic rings. The lowest BCUT2D eigenvalue weighted by Crippen LogP contribution is -2.57. The third-order valence-corrected chi connectivity index (χ3v) is 7.23. The van der Waals surface area contributed by atoms with Gasteiger partial charge in [0.05, 0.1) is 0 Å². The molecule has 2 unspecified atom stereocenters. The highest BCUT2D eigenvalue weighted by Crippen LogP contribution is 2.40. The molecule has 0 radical (unpaired) electrons. The minimum absolute atomic E-state index is 0.0110. The highest BCUT2D eigenvalue weighted by atomic mass is 35.5. The topological polar surface area (TPSA) is 74.6 Å². The van der Waals surface area contributed by atoms with Crippen molar-refractivity contribution in [2.75, 3.05) is 11.8 Å². The summed E-state index contributed by atoms with van der Waals surface area (Å²) in [6.07, 6.45) is -0.266. The zero-order chi connectivity index (χ0) is 15.5. The summed E-state index contributed by atoms with van der Waals surface area (Å²) >= 11 is 11.2. The van der Waals surface area contributed by atoms with Crippen LogP contribution in [0.5, 0.6) is 0 Å². The molecule has 2 atom stereocenters. The number of halogens is 2. The van der Waals surface area contributed by atoms with Gasteiger partial charge in [0.2, 0.25) is 9.84 Å². The molecule has 0 spiro atoms. The zero-order valence-corrected chi connectivity index (χ0v) is 14.2. The standard InChI is InChI=1S/C12H24Cl2O4S/c1-9(2)11(15,5-7-13)19(17,18)12(16,6-8-14)10(3)4/h9-10,15-16H,5-8H2,1-4H3. The second kappa shape index (κ2) is 6.94. The van der Waals surface area contributed by atoms with Gasteiger partial charge in [-0.15, -0.1) is 23.2 Å². The Hall–Kier alpha value is 0.450. The van der Waals surface area contributed by atoms with Gasteiger partial charge in [-0.2, -0.15) is 0 Å². The summed E-state index contributed by atoms with van der Waals surface area (Å²) in [5.74, 6) is -1.19. The quantitative estimate of drug-likeness (QED) is 0.668. The fourth-order valence-corrected chi connectivity index (χ4v) is 5.44. The molecule has 0 bridgehead atoms. The number of aliphatic hydroxyl groups is 2. The molecule has 0 amide bonds. The summed E-state index contributed by atoms with van der Waals surface area (Å²) in [6.45, 7) is 6.36. The van der Waals surface area contributed by atoms with Crippen molar-refractivity contribution in [1.29, 1.82) is 0 Å². The average Bonchev–Trinajstić information content (AvgIpc) is 2.28. The van der Waals surface area contributed by atoms with Crippen molar-refractivity contribution in [3.05, 3.63) is 0 Å². The van der Waals surface area contributed by atoms with Gasteiger partial charge < -0.3 is 10.2 Å². The third-order valence-electron chi connectivity index (χ3n) is 3.64. The minimum atomic E-state index is -4.24. The maximum atomic E-state index is 12.7. The monoisotopic (exact) mass is 334 g/mol. The molecule has 0 saturated carbocycles. The Bertz CT molecular complexity index is 353. The van der Waals surface area contributed by atoms with Crippen molar-refractivity contribution < 1.29 is 18.6 Å². The van der Waals surface area contributed by atoms with E-state index in [1.165, 1.54) is 0 Å². The van der Waals surface area contributed by atoms with Gasteiger partial charge in [0.25, 0.3) is 0 Å². The van der Waals surface area contributed by atoms with Crippen LogP contribution in [0.25, 0.3) is 0 Å². The van der Waals surface area contributed by atoms with Gasteiger partial charge in [0.1, 0.15) is 0 Å². The lowest BCUT2D eigenvalue weighted by atomic mass is 10.0. The molecule has 2 N–H and O–H groups in total. The van der Waals surface area contributed by atoms with E-state index in [-0.39, 0.29) is 24.6 Å². The van der Waals surface area contributed by atoms with E-state index in [2.05, 4.69) is 0 Å². The maximum absolute atomic E-state index is 12.7. The Morgan fingerprint density at radius 2 is 1.16 bits per heavy atom. The predicted molar refractivity (Wildman–Crippen MR) is 79.2 cm³/mol. The van der Waals surface area contributed by atoms with Crippen LogP contribution in [0, 0.1) is 11.8 Å². The van der Waals surface area contributed by atoms with Gasteiger partial charge in [-0.05, 0) is 11.8 Å². The summed E-state index contributed by atoms with van der Waals surface area (Å²) in [5, 5.41) is 21.1. The van der Waals surface area contributed by atoms with Crippen molar-refractivity contribution in [1.82, 2.24) is 0 Å². The summed E-state index contributed by atoms with van der Waals surface area (Å²) in [5.41, 5.74) is 0. The molecule has 0 fully saturated rings. The molecule has 4 nitrogen and oxygen atoms in total. The first kappa shape index (κ1) is 19.4. The van der Waals surface area contributed by atoms with Crippen LogP contribution in [-0.4, -0.2) is 40.3 Å². The molecule has 0 aromatic carbocycles. The van der Waals surface area contributed by atoms with Gasteiger partial charge in [0, 0.05) is 24.6 Å². The van der Waals surface area contributed by atoms with Crippen molar-refractivity contribution in [2.45, 2.75) is 50.4 Å². The molecule has 0 heterocycles. The molecule has 0 aromatic heterocycles. The Labute approximate surface area is 126 Å². The van der Waals surface area contributed by atoms with E-state index in [0.29, 0.717) is 0 Å². The van der Waals surface area contributed by atoms with Crippen LogP contribution in [0.2, 0.25) is 0 Å². The summed E-state index contributed by atoms with van der Waals surface area (Å²) in [6, 6.07) is 0. The minimum Gasteiger partial charge on any atom is -0.374 e. The van der Waals surface area contributed by atoms with Crippen LogP contribution in [0.3, 0.4) is 0 Å². The van der Waals surface area contributed by atoms with Crippen molar-refractivity contribution in [3.8, 4) is 0 Å². The van der Waals surface area contributed by atoms with Crippen molar-refractivity contribution >= 4 is 33.0 Å². The predicted octanol–water partition coefficient (Wildman–Crippen LogP) is 2.35. The van der Waals surface area contributed by atoms with E-state index >= 15 is 0 Å². The number of rotatable bonds is 8. The van der Waals surface area contributed by atoms with E-state index in [9.17, 15) is 18.6 Å². The van der Waals surface area contributed by atoms with E-state index in [4.69, 9.17) is 23.2 Å². The van der Waals surface area contributed by atoms with Gasteiger partial charge >= 0.3 is 0 Å². The summed E-state index contributed by atoms with van der Waals surface area (Å²) in [7, 11) is -4.24. The van der Waals surface area contributed by atoms with Crippen LogP contribution in [-0.2, 0) is 9.84 Å². The summed E-state index contributed by atoms with van der Waals surface area (Å²) in [4.78, 5) is -4.11.